The maximum Gasteiger partial charge on any atom is 0.114 e. The van der Waals surface area contributed by atoms with Crippen LogP contribution in [0.4, 0.5) is 0 Å². The van der Waals surface area contributed by atoms with Crippen LogP contribution in [0.2, 0.25) is 0 Å². The molecule has 0 amide bonds. The highest BCUT2D eigenvalue weighted by Crippen LogP contribution is 2.34. The number of nitrogens with one attached hydrogen (secondary N) is 1. The second-order valence-electron chi connectivity index (χ2n) is 7.24. The molecule has 0 spiro atoms. The third-order valence-electron chi connectivity index (χ3n) is 4.35. The van der Waals surface area contributed by atoms with Gasteiger partial charge in [0.15, 0.2) is 0 Å². The molecule has 3 nitrogen and oxygen atoms in total. The largest absolute Gasteiger partial charge is 0.331 e. The lowest BCUT2D eigenvalue weighted by Gasteiger charge is -2.22. The van der Waals surface area contributed by atoms with Crippen molar-refractivity contribution in [2.75, 3.05) is 6.54 Å². The molecule has 0 atom stereocenters. The van der Waals surface area contributed by atoms with Gasteiger partial charge in [-0.2, -0.15) is 0 Å². The predicted octanol–water partition coefficient (Wildman–Crippen LogP) is 3.02. The van der Waals surface area contributed by atoms with Crippen molar-refractivity contribution in [3.8, 4) is 0 Å². The van der Waals surface area contributed by atoms with Crippen molar-refractivity contribution in [2.24, 2.45) is 5.92 Å². The number of nitrogens with zero attached hydrogens (tertiary/aromatic N) is 2. The molecule has 1 saturated carbocycles. The van der Waals surface area contributed by atoms with Crippen molar-refractivity contribution < 1.29 is 0 Å². The summed E-state index contributed by atoms with van der Waals surface area (Å²) in [6.45, 7) is 10.1. The normalized spacial score (nSPS) is 19.5. The number of fused-ring (bicyclic) bond motifs is 1. The SMILES string of the molecule is CC(C)(C)c1nc2c(n1CCCC1CC1)CCNC2. The molecule has 19 heavy (non-hydrogen) atoms. The van der Waals surface area contributed by atoms with Gasteiger partial charge >= 0.3 is 0 Å². The highest BCUT2D eigenvalue weighted by Gasteiger charge is 2.27. The first-order chi connectivity index (χ1) is 9.05. The van der Waals surface area contributed by atoms with Crippen LogP contribution in [0.5, 0.6) is 0 Å². The summed E-state index contributed by atoms with van der Waals surface area (Å²) in [5, 5.41) is 3.44. The number of imidazole rings is 1. The zero-order valence-electron chi connectivity index (χ0n) is 12.6. The van der Waals surface area contributed by atoms with E-state index in [0.29, 0.717) is 0 Å². The molecule has 0 saturated heterocycles. The molecule has 106 valence electrons. The predicted molar refractivity (Wildman–Crippen MR) is 78.3 cm³/mol. The maximum absolute atomic E-state index is 4.94. The first-order valence-corrected chi connectivity index (χ1v) is 7.85. The molecule has 1 aromatic rings. The molecule has 1 N–H and O–H groups in total. The molecular formula is C16H27N3. The molecule has 2 heterocycles. The van der Waals surface area contributed by atoms with E-state index in [2.05, 4.69) is 30.7 Å². The molecule has 0 bridgehead atoms. The molecular weight excluding hydrogens is 234 g/mol. The Morgan fingerprint density at radius 2 is 2.11 bits per heavy atom. The number of hydrogen-bond donors (Lipinski definition) is 1. The van der Waals surface area contributed by atoms with E-state index in [0.717, 1.165) is 25.4 Å². The Labute approximate surface area is 116 Å². The Kier molecular flexibility index (Phi) is 3.42. The summed E-state index contributed by atoms with van der Waals surface area (Å²) in [4.78, 5) is 4.94. The summed E-state index contributed by atoms with van der Waals surface area (Å²) in [5.74, 6) is 2.33. The van der Waals surface area contributed by atoms with Crippen molar-refractivity contribution >= 4 is 0 Å². The van der Waals surface area contributed by atoms with E-state index in [9.17, 15) is 0 Å². The van der Waals surface area contributed by atoms with Gasteiger partial charge in [-0.25, -0.2) is 4.98 Å². The number of rotatable bonds is 4. The van der Waals surface area contributed by atoms with Crippen LogP contribution >= 0.6 is 0 Å². The van der Waals surface area contributed by atoms with Gasteiger partial charge in [0.1, 0.15) is 5.82 Å². The molecule has 2 aliphatic rings. The van der Waals surface area contributed by atoms with Crippen molar-refractivity contribution in [3.05, 3.63) is 17.2 Å². The standard InChI is InChI=1S/C16H27N3/c1-16(2,3)15-18-13-11-17-9-8-14(13)19(15)10-4-5-12-6-7-12/h12,17H,4-11H2,1-3H3. The van der Waals surface area contributed by atoms with Crippen LogP contribution in [-0.2, 0) is 24.9 Å². The second kappa shape index (κ2) is 4.93. The molecule has 3 heteroatoms. The Bertz CT molecular complexity index is 449. The van der Waals surface area contributed by atoms with Crippen molar-refractivity contribution in [1.82, 2.24) is 14.9 Å². The van der Waals surface area contributed by atoms with Crippen molar-refractivity contribution in [2.45, 2.75) is 71.4 Å². The molecule has 0 aromatic carbocycles. The highest BCUT2D eigenvalue weighted by molar-refractivity contribution is 5.23. The van der Waals surface area contributed by atoms with Crippen LogP contribution in [0.3, 0.4) is 0 Å². The van der Waals surface area contributed by atoms with Crippen LogP contribution in [0, 0.1) is 5.92 Å². The van der Waals surface area contributed by atoms with E-state index in [1.54, 1.807) is 0 Å². The van der Waals surface area contributed by atoms with Crippen LogP contribution in [-0.4, -0.2) is 16.1 Å². The molecule has 1 aliphatic heterocycles. The fourth-order valence-electron chi connectivity index (χ4n) is 3.13. The van der Waals surface area contributed by atoms with Gasteiger partial charge in [0, 0.05) is 37.2 Å². The van der Waals surface area contributed by atoms with Gasteiger partial charge in [-0.3, -0.25) is 0 Å². The minimum Gasteiger partial charge on any atom is -0.331 e. The number of aromatic nitrogens is 2. The minimum absolute atomic E-state index is 0.150. The monoisotopic (exact) mass is 261 g/mol. The lowest BCUT2D eigenvalue weighted by Crippen LogP contribution is -2.25. The Balaban J connectivity index is 1.82. The van der Waals surface area contributed by atoms with Gasteiger partial charge in [-0.15, -0.1) is 0 Å². The molecule has 1 aromatic heterocycles. The van der Waals surface area contributed by atoms with Gasteiger partial charge in [0.2, 0.25) is 0 Å². The topological polar surface area (TPSA) is 29.9 Å². The van der Waals surface area contributed by atoms with E-state index < -0.39 is 0 Å². The number of hydrogen-bond acceptors (Lipinski definition) is 2. The third kappa shape index (κ3) is 2.86. The smallest absolute Gasteiger partial charge is 0.114 e. The van der Waals surface area contributed by atoms with E-state index in [1.807, 2.05) is 0 Å². The first-order valence-electron chi connectivity index (χ1n) is 7.85. The fraction of sp³-hybridized carbons (Fsp3) is 0.812. The molecule has 0 unspecified atom stereocenters. The van der Waals surface area contributed by atoms with Gasteiger partial charge in [0.25, 0.3) is 0 Å². The zero-order chi connectivity index (χ0) is 13.5. The maximum atomic E-state index is 4.94. The molecule has 1 aliphatic carbocycles. The average Bonchev–Trinajstić information content (AvgIpc) is 3.09. The first kappa shape index (κ1) is 13.2. The zero-order valence-corrected chi connectivity index (χ0v) is 12.6. The van der Waals surface area contributed by atoms with E-state index in [4.69, 9.17) is 4.98 Å². The van der Waals surface area contributed by atoms with Crippen LogP contribution in [0.1, 0.15) is 63.7 Å². The molecule has 3 rings (SSSR count). The molecule has 0 radical (unpaired) electrons. The summed E-state index contributed by atoms with van der Waals surface area (Å²) in [6.07, 6.45) is 6.82. The Hall–Kier alpha value is -0.830. The van der Waals surface area contributed by atoms with Crippen molar-refractivity contribution in [1.29, 1.82) is 0 Å². The van der Waals surface area contributed by atoms with Crippen LogP contribution in [0.25, 0.3) is 0 Å². The van der Waals surface area contributed by atoms with Crippen LogP contribution < -0.4 is 5.32 Å². The van der Waals surface area contributed by atoms with E-state index in [1.165, 1.54) is 49.4 Å². The summed E-state index contributed by atoms with van der Waals surface area (Å²) in [6, 6.07) is 0. The van der Waals surface area contributed by atoms with Gasteiger partial charge in [0.05, 0.1) is 5.69 Å². The highest BCUT2D eigenvalue weighted by atomic mass is 15.1. The fourth-order valence-corrected chi connectivity index (χ4v) is 3.13. The van der Waals surface area contributed by atoms with Crippen LogP contribution in [0.15, 0.2) is 0 Å². The summed E-state index contributed by atoms with van der Waals surface area (Å²) >= 11 is 0. The van der Waals surface area contributed by atoms with Crippen molar-refractivity contribution in [3.63, 3.8) is 0 Å². The third-order valence-corrected chi connectivity index (χ3v) is 4.35. The van der Waals surface area contributed by atoms with Gasteiger partial charge < -0.3 is 9.88 Å². The summed E-state index contributed by atoms with van der Waals surface area (Å²) in [7, 11) is 0. The quantitative estimate of drug-likeness (QED) is 0.903. The summed E-state index contributed by atoms with van der Waals surface area (Å²) < 4.78 is 2.54. The lowest BCUT2D eigenvalue weighted by atomic mass is 9.95. The van der Waals surface area contributed by atoms with E-state index in [-0.39, 0.29) is 5.41 Å². The lowest BCUT2D eigenvalue weighted by molar-refractivity contribution is 0.469. The Morgan fingerprint density at radius 1 is 1.32 bits per heavy atom. The van der Waals surface area contributed by atoms with E-state index >= 15 is 0 Å². The second-order valence-corrected chi connectivity index (χ2v) is 7.24. The molecule has 1 fully saturated rings. The summed E-state index contributed by atoms with van der Waals surface area (Å²) in [5.41, 5.74) is 2.94. The minimum atomic E-state index is 0.150. The Morgan fingerprint density at radius 3 is 2.79 bits per heavy atom. The average molecular weight is 261 g/mol. The van der Waals surface area contributed by atoms with Gasteiger partial charge in [-0.1, -0.05) is 33.6 Å². The van der Waals surface area contributed by atoms with Gasteiger partial charge in [-0.05, 0) is 18.8 Å².